The molecule has 1 heterocycles. The van der Waals surface area contributed by atoms with Crippen LogP contribution in [0.2, 0.25) is 0 Å². The second kappa shape index (κ2) is 7.31. The normalized spacial score (nSPS) is 20.1. The highest BCUT2D eigenvalue weighted by Crippen LogP contribution is 2.18. The number of nitrogens with one attached hydrogen (secondary N) is 1. The van der Waals surface area contributed by atoms with Crippen LogP contribution in [0.4, 0.5) is 4.79 Å². The van der Waals surface area contributed by atoms with Crippen molar-refractivity contribution in [3.63, 3.8) is 0 Å². The van der Waals surface area contributed by atoms with Gasteiger partial charge in [0.2, 0.25) is 0 Å². The van der Waals surface area contributed by atoms with E-state index in [0.29, 0.717) is 24.7 Å². The first-order valence-corrected chi connectivity index (χ1v) is 9.48. The first-order chi connectivity index (χ1) is 10.8. The molecular formula is C16H24N2O4S. The van der Waals surface area contributed by atoms with Crippen LogP contribution in [-0.4, -0.2) is 50.9 Å². The summed E-state index contributed by atoms with van der Waals surface area (Å²) in [6.07, 6.45) is 0. The first kappa shape index (κ1) is 17.7. The van der Waals surface area contributed by atoms with E-state index in [1.165, 1.54) is 0 Å². The molecule has 1 aliphatic rings. The summed E-state index contributed by atoms with van der Waals surface area (Å²) in [7, 11) is -3.20. The van der Waals surface area contributed by atoms with Crippen molar-refractivity contribution >= 4 is 15.9 Å². The fraction of sp³-hybridized carbons (Fsp3) is 0.562. The fourth-order valence-electron chi connectivity index (χ4n) is 2.51. The Labute approximate surface area is 137 Å². The average molecular weight is 340 g/mol. The molecule has 128 valence electrons. The monoisotopic (exact) mass is 340 g/mol. The lowest BCUT2D eigenvalue weighted by Gasteiger charge is -2.34. The molecule has 1 saturated heterocycles. The van der Waals surface area contributed by atoms with Gasteiger partial charge in [-0.3, -0.25) is 0 Å². The molecule has 1 aliphatic heterocycles. The zero-order valence-corrected chi connectivity index (χ0v) is 14.6. The number of rotatable bonds is 4. The van der Waals surface area contributed by atoms with Gasteiger partial charge in [-0.1, -0.05) is 19.1 Å². The van der Waals surface area contributed by atoms with Crippen molar-refractivity contribution < 1.29 is 17.9 Å². The number of ether oxygens (including phenoxy) is 1. The summed E-state index contributed by atoms with van der Waals surface area (Å²) in [6, 6.07) is 6.40. The molecule has 0 saturated carbocycles. The molecule has 0 radical (unpaired) electrons. The predicted octanol–water partition coefficient (Wildman–Crippen LogP) is 1.97. The lowest BCUT2D eigenvalue weighted by molar-refractivity contribution is 0.0185. The molecule has 1 fully saturated rings. The SMILES string of the molecule is CCS(=O)(=O)c1ccc(C(C)NC(=O)N2CCOC[C@H]2C)cc1. The largest absolute Gasteiger partial charge is 0.377 e. The third kappa shape index (κ3) is 4.23. The van der Waals surface area contributed by atoms with Crippen molar-refractivity contribution in [3.8, 4) is 0 Å². The number of amides is 2. The quantitative estimate of drug-likeness (QED) is 0.909. The molecule has 1 N–H and O–H groups in total. The average Bonchev–Trinajstić information content (AvgIpc) is 2.55. The molecule has 1 unspecified atom stereocenters. The molecule has 1 aromatic carbocycles. The van der Waals surface area contributed by atoms with Crippen LogP contribution in [0, 0.1) is 0 Å². The Kier molecular flexibility index (Phi) is 5.64. The lowest BCUT2D eigenvalue weighted by atomic mass is 10.1. The molecule has 0 spiro atoms. The van der Waals surface area contributed by atoms with Crippen LogP contribution in [0.3, 0.4) is 0 Å². The molecular weight excluding hydrogens is 316 g/mol. The smallest absolute Gasteiger partial charge is 0.318 e. The van der Waals surface area contributed by atoms with Gasteiger partial charge < -0.3 is 15.0 Å². The minimum absolute atomic E-state index is 0.0491. The van der Waals surface area contributed by atoms with Gasteiger partial charge in [-0.2, -0.15) is 0 Å². The minimum Gasteiger partial charge on any atom is -0.377 e. The first-order valence-electron chi connectivity index (χ1n) is 7.82. The van der Waals surface area contributed by atoms with Crippen molar-refractivity contribution in [1.82, 2.24) is 10.2 Å². The van der Waals surface area contributed by atoms with E-state index in [9.17, 15) is 13.2 Å². The van der Waals surface area contributed by atoms with Crippen LogP contribution >= 0.6 is 0 Å². The summed E-state index contributed by atoms with van der Waals surface area (Å²) in [5.41, 5.74) is 0.870. The Morgan fingerprint density at radius 1 is 1.39 bits per heavy atom. The Hall–Kier alpha value is -1.60. The van der Waals surface area contributed by atoms with Crippen molar-refractivity contribution in [1.29, 1.82) is 0 Å². The van der Waals surface area contributed by atoms with E-state index in [0.717, 1.165) is 5.56 Å². The summed E-state index contributed by atoms with van der Waals surface area (Å²) < 4.78 is 29.0. The highest BCUT2D eigenvalue weighted by Gasteiger charge is 2.24. The van der Waals surface area contributed by atoms with Crippen molar-refractivity contribution in [3.05, 3.63) is 29.8 Å². The highest BCUT2D eigenvalue weighted by atomic mass is 32.2. The summed E-state index contributed by atoms with van der Waals surface area (Å²) in [4.78, 5) is 14.4. The van der Waals surface area contributed by atoms with E-state index in [2.05, 4.69) is 5.32 Å². The molecule has 2 atom stereocenters. The fourth-order valence-corrected chi connectivity index (χ4v) is 3.39. The van der Waals surface area contributed by atoms with Crippen molar-refractivity contribution in [2.75, 3.05) is 25.5 Å². The van der Waals surface area contributed by atoms with Crippen LogP contribution in [-0.2, 0) is 14.6 Å². The zero-order valence-electron chi connectivity index (χ0n) is 13.8. The number of carbonyl (C=O) groups excluding carboxylic acids is 1. The van der Waals surface area contributed by atoms with Crippen LogP contribution in [0.25, 0.3) is 0 Å². The van der Waals surface area contributed by atoms with Crippen LogP contribution in [0.5, 0.6) is 0 Å². The number of hydrogen-bond donors (Lipinski definition) is 1. The molecule has 0 aromatic heterocycles. The number of urea groups is 1. The maximum Gasteiger partial charge on any atom is 0.318 e. The van der Waals surface area contributed by atoms with Gasteiger partial charge in [0.25, 0.3) is 0 Å². The summed E-state index contributed by atoms with van der Waals surface area (Å²) in [5.74, 6) is 0.0769. The van der Waals surface area contributed by atoms with E-state index in [1.54, 1.807) is 36.1 Å². The summed E-state index contributed by atoms with van der Waals surface area (Å²) in [6.45, 7) is 7.13. The molecule has 23 heavy (non-hydrogen) atoms. The van der Waals surface area contributed by atoms with Gasteiger partial charge in [0.1, 0.15) is 0 Å². The van der Waals surface area contributed by atoms with E-state index in [4.69, 9.17) is 4.74 Å². The second-order valence-corrected chi connectivity index (χ2v) is 8.04. The van der Waals surface area contributed by atoms with Crippen LogP contribution < -0.4 is 5.32 Å². The number of sulfone groups is 1. The van der Waals surface area contributed by atoms with Crippen LogP contribution in [0.15, 0.2) is 29.2 Å². The topological polar surface area (TPSA) is 75.7 Å². The highest BCUT2D eigenvalue weighted by molar-refractivity contribution is 7.91. The van der Waals surface area contributed by atoms with Gasteiger partial charge in [0, 0.05) is 6.54 Å². The summed E-state index contributed by atoms with van der Waals surface area (Å²) in [5, 5.41) is 2.95. The third-order valence-electron chi connectivity index (χ3n) is 4.09. The second-order valence-electron chi connectivity index (χ2n) is 5.76. The van der Waals surface area contributed by atoms with Gasteiger partial charge in [-0.15, -0.1) is 0 Å². The third-order valence-corrected chi connectivity index (χ3v) is 5.84. The standard InChI is InChI=1S/C16H24N2O4S/c1-4-23(20,21)15-7-5-14(6-8-15)13(3)17-16(19)18-9-10-22-11-12(18)2/h5-8,12-13H,4,9-11H2,1-3H3,(H,17,19)/t12-,13?/m1/s1. The Morgan fingerprint density at radius 2 is 2.04 bits per heavy atom. The van der Waals surface area contributed by atoms with Gasteiger partial charge in [-0.25, -0.2) is 13.2 Å². The Balaban J connectivity index is 2.03. The number of hydrogen-bond acceptors (Lipinski definition) is 4. The van der Waals surface area contributed by atoms with Gasteiger partial charge >= 0.3 is 6.03 Å². The molecule has 0 aliphatic carbocycles. The minimum atomic E-state index is -3.20. The van der Waals surface area contributed by atoms with Crippen molar-refractivity contribution in [2.24, 2.45) is 0 Å². The van der Waals surface area contributed by atoms with E-state index in [-0.39, 0.29) is 23.9 Å². The molecule has 7 heteroatoms. The lowest BCUT2D eigenvalue weighted by Crippen LogP contribution is -2.51. The van der Waals surface area contributed by atoms with Gasteiger partial charge in [0.15, 0.2) is 9.84 Å². The molecule has 2 amide bonds. The van der Waals surface area contributed by atoms with Gasteiger partial charge in [0.05, 0.1) is 35.9 Å². The Morgan fingerprint density at radius 3 is 2.61 bits per heavy atom. The molecule has 0 bridgehead atoms. The van der Waals surface area contributed by atoms with Crippen LogP contribution in [0.1, 0.15) is 32.4 Å². The molecule has 2 rings (SSSR count). The van der Waals surface area contributed by atoms with Gasteiger partial charge in [-0.05, 0) is 31.5 Å². The number of benzene rings is 1. The molecule has 1 aromatic rings. The Bertz CT molecular complexity index is 643. The number of carbonyl (C=O) groups is 1. The number of morpholine rings is 1. The predicted molar refractivity (Wildman–Crippen MR) is 88.1 cm³/mol. The number of nitrogens with zero attached hydrogens (tertiary/aromatic N) is 1. The zero-order chi connectivity index (χ0) is 17.0. The van der Waals surface area contributed by atoms with E-state index < -0.39 is 9.84 Å². The maximum atomic E-state index is 12.3. The summed E-state index contributed by atoms with van der Waals surface area (Å²) >= 11 is 0. The maximum absolute atomic E-state index is 12.3. The van der Waals surface area contributed by atoms with E-state index >= 15 is 0 Å². The molecule has 6 nitrogen and oxygen atoms in total. The van der Waals surface area contributed by atoms with E-state index in [1.807, 2.05) is 13.8 Å². The van der Waals surface area contributed by atoms with Crippen molar-refractivity contribution in [2.45, 2.75) is 37.8 Å².